The average Bonchev–Trinajstić information content (AvgIpc) is 2.48. The Morgan fingerprint density at radius 3 is 2.57 bits per heavy atom. The molecule has 1 aliphatic rings. The highest BCUT2D eigenvalue weighted by Gasteiger charge is 2.22. The lowest BCUT2D eigenvalue weighted by Crippen LogP contribution is -2.41. The van der Waals surface area contributed by atoms with Crippen LogP contribution in [0.15, 0.2) is 29.2 Å². The van der Waals surface area contributed by atoms with Gasteiger partial charge in [0.05, 0.1) is 10.9 Å². The van der Waals surface area contributed by atoms with E-state index in [1.165, 1.54) is 32.3 Å². The minimum atomic E-state index is -3.85. The normalized spacial score (nSPS) is 18.2. The van der Waals surface area contributed by atoms with E-state index < -0.39 is 22.0 Å². The van der Waals surface area contributed by atoms with E-state index in [4.69, 9.17) is 5.73 Å². The summed E-state index contributed by atoms with van der Waals surface area (Å²) < 4.78 is 26.4. The van der Waals surface area contributed by atoms with Crippen LogP contribution >= 0.6 is 0 Å². The molecule has 1 fully saturated rings. The standard InChI is InChI=1S/C15H22N2O3S/c1-11(16)15(18)17-21(19,20)14-9-5-8-13(10-14)12-6-3-2-4-7-12/h5,8-12H,2-4,6-7,16H2,1H3,(H,17,18). The summed E-state index contributed by atoms with van der Waals surface area (Å²) in [5.41, 5.74) is 6.42. The second kappa shape index (κ2) is 6.58. The Kier molecular flexibility index (Phi) is 5.00. The third-order valence-corrected chi connectivity index (χ3v) is 5.24. The number of carbonyl (C=O) groups excluding carboxylic acids is 1. The van der Waals surface area contributed by atoms with Gasteiger partial charge in [-0.05, 0) is 43.4 Å². The molecule has 1 saturated carbocycles. The van der Waals surface area contributed by atoms with E-state index in [0.717, 1.165) is 18.4 Å². The topological polar surface area (TPSA) is 89.3 Å². The van der Waals surface area contributed by atoms with Crippen LogP contribution in [0.25, 0.3) is 0 Å². The van der Waals surface area contributed by atoms with Crippen LogP contribution in [0, 0.1) is 0 Å². The first kappa shape index (κ1) is 16.0. The molecule has 5 nitrogen and oxygen atoms in total. The van der Waals surface area contributed by atoms with E-state index in [1.807, 2.05) is 10.8 Å². The third kappa shape index (κ3) is 4.04. The number of rotatable bonds is 4. The van der Waals surface area contributed by atoms with Crippen molar-refractivity contribution in [3.63, 3.8) is 0 Å². The van der Waals surface area contributed by atoms with E-state index in [2.05, 4.69) is 0 Å². The molecule has 0 aromatic heterocycles. The quantitative estimate of drug-likeness (QED) is 0.888. The minimum Gasteiger partial charge on any atom is -0.320 e. The summed E-state index contributed by atoms with van der Waals surface area (Å²) in [6.45, 7) is 1.45. The van der Waals surface area contributed by atoms with Crippen LogP contribution < -0.4 is 10.5 Å². The molecule has 0 heterocycles. The second-order valence-corrected chi connectivity index (χ2v) is 7.35. The smallest absolute Gasteiger partial charge is 0.264 e. The molecule has 21 heavy (non-hydrogen) atoms. The number of amides is 1. The third-order valence-electron chi connectivity index (χ3n) is 3.89. The van der Waals surface area contributed by atoms with Gasteiger partial charge in [-0.2, -0.15) is 0 Å². The summed E-state index contributed by atoms with van der Waals surface area (Å²) in [6.07, 6.45) is 5.80. The molecular weight excluding hydrogens is 288 g/mol. The summed E-state index contributed by atoms with van der Waals surface area (Å²) in [5, 5.41) is 0. The molecule has 3 N–H and O–H groups in total. The Morgan fingerprint density at radius 2 is 1.95 bits per heavy atom. The van der Waals surface area contributed by atoms with Crippen molar-refractivity contribution < 1.29 is 13.2 Å². The molecule has 0 radical (unpaired) electrons. The molecule has 0 aliphatic heterocycles. The molecule has 0 spiro atoms. The number of carbonyl (C=O) groups is 1. The van der Waals surface area contributed by atoms with Crippen molar-refractivity contribution in [2.24, 2.45) is 5.73 Å². The number of nitrogens with two attached hydrogens (primary N) is 1. The largest absolute Gasteiger partial charge is 0.320 e. The van der Waals surface area contributed by atoms with Crippen molar-refractivity contribution in [1.82, 2.24) is 4.72 Å². The Balaban J connectivity index is 2.21. The maximum atomic E-state index is 12.2. The Bertz CT molecular complexity index is 605. The molecule has 1 aliphatic carbocycles. The molecule has 1 aromatic rings. The first-order chi connectivity index (χ1) is 9.90. The Hall–Kier alpha value is -1.40. The fourth-order valence-electron chi connectivity index (χ4n) is 2.66. The lowest BCUT2D eigenvalue weighted by molar-refractivity contribution is -0.120. The van der Waals surface area contributed by atoms with Crippen LogP contribution in [-0.2, 0) is 14.8 Å². The van der Waals surface area contributed by atoms with E-state index in [1.54, 1.807) is 12.1 Å². The van der Waals surface area contributed by atoms with Gasteiger partial charge in [0, 0.05) is 0 Å². The second-order valence-electron chi connectivity index (χ2n) is 5.67. The van der Waals surface area contributed by atoms with Crippen LogP contribution in [0.2, 0.25) is 0 Å². The lowest BCUT2D eigenvalue weighted by atomic mass is 9.84. The summed E-state index contributed by atoms with van der Waals surface area (Å²) in [7, 11) is -3.85. The van der Waals surface area contributed by atoms with Crippen molar-refractivity contribution in [2.45, 2.75) is 55.9 Å². The van der Waals surface area contributed by atoms with E-state index in [-0.39, 0.29) is 4.90 Å². The monoisotopic (exact) mass is 310 g/mol. The van der Waals surface area contributed by atoms with Crippen LogP contribution in [-0.4, -0.2) is 20.4 Å². The Labute approximate surface area is 126 Å². The molecule has 116 valence electrons. The van der Waals surface area contributed by atoms with Crippen molar-refractivity contribution in [2.75, 3.05) is 0 Å². The van der Waals surface area contributed by atoms with Crippen LogP contribution in [0.3, 0.4) is 0 Å². The molecule has 6 heteroatoms. The van der Waals surface area contributed by atoms with Crippen molar-refractivity contribution in [3.05, 3.63) is 29.8 Å². The van der Waals surface area contributed by atoms with Crippen LogP contribution in [0.1, 0.15) is 50.5 Å². The van der Waals surface area contributed by atoms with Gasteiger partial charge in [-0.3, -0.25) is 4.79 Å². The first-order valence-corrected chi connectivity index (χ1v) is 8.80. The number of hydrogen-bond donors (Lipinski definition) is 2. The van der Waals surface area contributed by atoms with E-state index in [0.29, 0.717) is 5.92 Å². The zero-order chi connectivity index (χ0) is 15.5. The van der Waals surface area contributed by atoms with Gasteiger partial charge in [0.15, 0.2) is 0 Å². The highest BCUT2D eigenvalue weighted by molar-refractivity contribution is 7.90. The number of hydrogen-bond acceptors (Lipinski definition) is 4. The summed E-state index contributed by atoms with van der Waals surface area (Å²) in [6, 6.07) is 6.01. The highest BCUT2D eigenvalue weighted by atomic mass is 32.2. The zero-order valence-electron chi connectivity index (χ0n) is 12.2. The van der Waals surface area contributed by atoms with Gasteiger partial charge in [0.1, 0.15) is 0 Å². The van der Waals surface area contributed by atoms with Gasteiger partial charge >= 0.3 is 0 Å². The predicted molar refractivity (Wildman–Crippen MR) is 81.2 cm³/mol. The molecule has 1 unspecified atom stereocenters. The molecule has 2 rings (SSSR count). The fourth-order valence-corrected chi connectivity index (χ4v) is 3.77. The Morgan fingerprint density at radius 1 is 1.29 bits per heavy atom. The maximum Gasteiger partial charge on any atom is 0.264 e. The summed E-state index contributed by atoms with van der Waals surface area (Å²) in [5.74, 6) is -0.281. The number of sulfonamides is 1. The van der Waals surface area contributed by atoms with Gasteiger partial charge in [-0.15, -0.1) is 0 Å². The molecule has 0 saturated heterocycles. The van der Waals surface area contributed by atoms with E-state index in [9.17, 15) is 13.2 Å². The molecule has 1 amide bonds. The molecular formula is C15H22N2O3S. The summed E-state index contributed by atoms with van der Waals surface area (Å²) in [4.78, 5) is 11.6. The SMILES string of the molecule is CC(N)C(=O)NS(=O)(=O)c1cccc(C2CCCCC2)c1. The molecule has 1 atom stereocenters. The highest BCUT2D eigenvalue weighted by Crippen LogP contribution is 2.33. The number of benzene rings is 1. The fraction of sp³-hybridized carbons (Fsp3) is 0.533. The minimum absolute atomic E-state index is 0.125. The van der Waals surface area contributed by atoms with Crippen LogP contribution in [0.4, 0.5) is 0 Å². The van der Waals surface area contributed by atoms with Crippen molar-refractivity contribution in [3.8, 4) is 0 Å². The van der Waals surface area contributed by atoms with Crippen molar-refractivity contribution >= 4 is 15.9 Å². The van der Waals surface area contributed by atoms with Gasteiger partial charge in [0.2, 0.25) is 5.91 Å². The lowest BCUT2D eigenvalue weighted by Gasteiger charge is -2.22. The average molecular weight is 310 g/mol. The van der Waals surface area contributed by atoms with Crippen LogP contribution in [0.5, 0.6) is 0 Å². The number of nitrogens with one attached hydrogen (secondary N) is 1. The van der Waals surface area contributed by atoms with E-state index >= 15 is 0 Å². The summed E-state index contributed by atoms with van der Waals surface area (Å²) >= 11 is 0. The van der Waals surface area contributed by atoms with Crippen molar-refractivity contribution in [1.29, 1.82) is 0 Å². The van der Waals surface area contributed by atoms with Gasteiger partial charge < -0.3 is 5.73 Å². The van der Waals surface area contributed by atoms with Gasteiger partial charge in [0.25, 0.3) is 10.0 Å². The maximum absolute atomic E-state index is 12.2. The molecule has 1 aromatic carbocycles. The van der Waals surface area contributed by atoms with Gasteiger partial charge in [-0.1, -0.05) is 31.4 Å². The van der Waals surface area contributed by atoms with Gasteiger partial charge in [-0.25, -0.2) is 13.1 Å². The predicted octanol–water partition coefficient (Wildman–Crippen LogP) is 1.89. The first-order valence-electron chi connectivity index (χ1n) is 7.32. The molecule has 0 bridgehead atoms. The zero-order valence-corrected chi connectivity index (χ0v) is 13.0.